The van der Waals surface area contributed by atoms with Crippen LogP contribution in [0.2, 0.25) is 0 Å². The number of nitrogens with zero attached hydrogens (tertiary/aromatic N) is 1. The average Bonchev–Trinajstić information content (AvgIpc) is 2.42. The van der Waals surface area contributed by atoms with Crippen LogP contribution in [0.4, 0.5) is 5.69 Å². The largest absolute Gasteiger partial charge is 0.478 e. The first-order chi connectivity index (χ1) is 9.45. The van der Waals surface area contributed by atoms with Crippen LogP contribution in [0.1, 0.15) is 24.2 Å². The van der Waals surface area contributed by atoms with Gasteiger partial charge in [0.1, 0.15) is 0 Å². The highest BCUT2D eigenvalue weighted by atomic mass is 32.2. The second kappa shape index (κ2) is 7.91. The minimum atomic E-state index is -1.01. The Morgan fingerprint density at radius 1 is 1.25 bits per heavy atom. The van der Waals surface area contributed by atoms with Crippen molar-refractivity contribution in [1.29, 1.82) is 0 Å². The van der Waals surface area contributed by atoms with Gasteiger partial charge < -0.3 is 15.1 Å². The summed E-state index contributed by atoms with van der Waals surface area (Å²) >= 11 is 1.53. The predicted molar refractivity (Wildman–Crippen MR) is 80.4 cm³/mol. The van der Waals surface area contributed by atoms with Gasteiger partial charge in [-0.2, -0.15) is 0 Å². The molecule has 1 amide bonds. The quantitative estimate of drug-likeness (QED) is 0.803. The van der Waals surface area contributed by atoms with Crippen LogP contribution < -0.4 is 4.90 Å². The van der Waals surface area contributed by atoms with Gasteiger partial charge in [0.05, 0.1) is 17.9 Å². The van der Waals surface area contributed by atoms with E-state index in [1.54, 1.807) is 12.1 Å². The Bertz CT molecular complexity index is 459. The molecule has 0 saturated carbocycles. The topological polar surface area (TPSA) is 77.8 Å². The lowest BCUT2D eigenvalue weighted by Gasteiger charge is -2.22. The molecule has 5 nitrogen and oxygen atoms in total. The van der Waals surface area contributed by atoms with Gasteiger partial charge in [-0.25, -0.2) is 4.79 Å². The molecule has 0 spiro atoms. The fourth-order valence-electron chi connectivity index (χ4n) is 1.60. The molecule has 0 fully saturated rings. The molecule has 0 aromatic heterocycles. The molecule has 0 heterocycles. The summed E-state index contributed by atoms with van der Waals surface area (Å²) in [5.74, 6) is -0.772. The van der Waals surface area contributed by atoms with Crippen molar-refractivity contribution < 1.29 is 19.8 Å². The summed E-state index contributed by atoms with van der Waals surface area (Å²) in [5, 5.41) is 18.3. The molecular weight excluding hydrogens is 278 g/mol. The van der Waals surface area contributed by atoms with E-state index in [-0.39, 0.29) is 24.6 Å². The van der Waals surface area contributed by atoms with Crippen LogP contribution in [-0.4, -0.2) is 46.2 Å². The number of anilines is 1. The van der Waals surface area contributed by atoms with Crippen molar-refractivity contribution in [3.63, 3.8) is 0 Å². The van der Waals surface area contributed by atoms with E-state index < -0.39 is 5.97 Å². The van der Waals surface area contributed by atoms with Crippen LogP contribution in [0.5, 0.6) is 0 Å². The van der Waals surface area contributed by atoms with Crippen molar-refractivity contribution >= 4 is 29.3 Å². The maximum absolute atomic E-state index is 12.1. The Hall–Kier alpha value is -1.53. The molecule has 6 heteroatoms. The van der Waals surface area contributed by atoms with Crippen LogP contribution in [0.25, 0.3) is 0 Å². The summed E-state index contributed by atoms with van der Waals surface area (Å²) in [6.07, 6.45) is 0. The van der Waals surface area contributed by atoms with Crippen molar-refractivity contribution in [2.45, 2.75) is 19.1 Å². The predicted octanol–water partition coefficient (Wildman–Crippen LogP) is 1.85. The highest BCUT2D eigenvalue weighted by molar-refractivity contribution is 8.00. The van der Waals surface area contributed by atoms with Gasteiger partial charge in [-0.3, -0.25) is 4.79 Å². The first kappa shape index (κ1) is 16.5. The molecule has 20 heavy (non-hydrogen) atoms. The van der Waals surface area contributed by atoms with Crippen molar-refractivity contribution in [2.75, 3.05) is 23.8 Å². The van der Waals surface area contributed by atoms with E-state index in [9.17, 15) is 9.59 Å². The molecule has 2 N–H and O–H groups in total. The van der Waals surface area contributed by atoms with Gasteiger partial charge in [0.2, 0.25) is 5.91 Å². The molecular formula is C14H19NO4S. The van der Waals surface area contributed by atoms with Gasteiger partial charge in [0, 0.05) is 12.2 Å². The molecule has 0 radical (unpaired) electrons. The van der Waals surface area contributed by atoms with Crippen LogP contribution >= 0.6 is 11.8 Å². The standard InChI is InChI=1S/C14H19NO4S/c1-10(2)20-9-13(17)15(7-8-16)12-5-3-11(4-6-12)14(18)19/h3-6,10,16H,7-9H2,1-2H3,(H,18,19). The zero-order valence-corrected chi connectivity index (χ0v) is 12.4. The number of aliphatic hydroxyl groups excluding tert-OH is 1. The second-order valence-corrected chi connectivity index (χ2v) is 6.05. The first-order valence-electron chi connectivity index (χ1n) is 6.32. The molecule has 0 aliphatic rings. The third-order valence-corrected chi connectivity index (χ3v) is 3.67. The third kappa shape index (κ3) is 4.86. The Balaban J connectivity index is 2.84. The molecule has 1 aromatic rings. The fraction of sp³-hybridized carbons (Fsp3) is 0.429. The van der Waals surface area contributed by atoms with E-state index in [1.165, 1.54) is 28.8 Å². The Morgan fingerprint density at radius 2 is 1.85 bits per heavy atom. The number of rotatable bonds is 7. The number of amides is 1. The molecule has 1 rings (SSSR count). The third-order valence-electron chi connectivity index (χ3n) is 2.59. The molecule has 0 unspecified atom stereocenters. The average molecular weight is 297 g/mol. The van der Waals surface area contributed by atoms with Crippen molar-refractivity contribution in [2.24, 2.45) is 0 Å². The smallest absolute Gasteiger partial charge is 0.335 e. The van der Waals surface area contributed by atoms with Gasteiger partial charge in [-0.15, -0.1) is 11.8 Å². The SMILES string of the molecule is CC(C)SCC(=O)N(CCO)c1ccc(C(=O)O)cc1. The highest BCUT2D eigenvalue weighted by Gasteiger charge is 2.16. The van der Waals surface area contributed by atoms with E-state index in [4.69, 9.17) is 10.2 Å². The van der Waals surface area contributed by atoms with Crippen molar-refractivity contribution in [1.82, 2.24) is 0 Å². The lowest BCUT2D eigenvalue weighted by molar-refractivity contribution is -0.116. The van der Waals surface area contributed by atoms with Crippen molar-refractivity contribution in [3.05, 3.63) is 29.8 Å². The lowest BCUT2D eigenvalue weighted by atomic mass is 10.2. The van der Waals surface area contributed by atoms with E-state index in [0.717, 1.165) is 0 Å². The lowest BCUT2D eigenvalue weighted by Crippen LogP contribution is -2.35. The van der Waals surface area contributed by atoms with Crippen LogP contribution in [0.3, 0.4) is 0 Å². The van der Waals surface area contributed by atoms with Crippen LogP contribution in [-0.2, 0) is 4.79 Å². The number of hydrogen-bond acceptors (Lipinski definition) is 4. The number of aromatic carboxylic acids is 1. The summed E-state index contributed by atoms with van der Waals surface area (Å²) in [7, 11) is 0. The van der Waals surface area contributed by atoms with E-state index in [2.05, 4.69) is 0 Å². The molecule has 1 aromatic carbocycles. The van der Waals surface area contributed by atoms with E-state index >= 15 is 0 Å². The Kier molecular flexibility index (Phi) is 6.54. The summed E-state index contributed by atoms with van der Waals surface area (Å²) < 4.78 is 0. The maximum atomic E-state index is 12.1. The normalized spacial score (nSPS) is 10.6. The zero-order chi connectivity index (χ0) is 15.1. The molecule has 110 valence electrons. The molecule has 0 bridgehead atoms. The number of carboxylic acid groups (broad SMARTS) is 1. The van der Waals surface area contributed by atoms with Crippen LogP contribution in [0, 0.1) is 0 Å². The number of thioether (sulfide) groups is 1. The Labute approximate surface area is 122 Å². The second-order valence-electron chi connectivity index (χ2n) is 4.48. The number of carbonyl (C=O) groups is 2. The summed E-state index contributed by atoms with van der Waals surface area (Å²) in [4.78, 5) is 24.4. The van der Waals surface area contributed by atoms with E-state index in [0.29, 0.717) is 16.7 Å². The number of carboxylic acids is 1. The fourth-order valence-corrected chi connectivity index (χ4v) is 2.23. The number of hydrogen-bond donors (Lipinski definition) is 2. The maximum Gasteiger partial charge on any atom is 0.335 e. The first-order valence-corrected chi connectivity index (χ1v) is 7.36. The number of carbonyl (C=O) groups excluding carboxylic acids is 1. The molecule has 0 saturated heterocycles. The summed E-state index contributed by atoms with van der Waals surface area (Å²) in [6.45, 7) is 4.08. The monoisotopic (exact) mass is 297 g/mol. The summed E-state index contributed by atoms with van der Waals surface area (Å²) in [6, 6.07) is 6.06. The number of aliphatic hydroxyl groups is 1. The van der Waals surface area contributed by atoms with Gasteiger partial charge >= 0.3 is 5.97 Å². The van der Waals surface area contributed by atoms with Gasteiger partial charge in [0.15, 0.2) is 0 Å². The minimum Gasteiger partial charge on any atom is -0.478 e. The van der Waals surface area contributed by atoms with E-state index in [1.807, 2.05) is 13.8 Å². The summed E-state index contributed by atoms with van der Waals surface area (Å²) in [5.41, 5.74) is 0.764. The van der Waals surface area contributed by atoms with Gasteiger partial charge in [-0.05, 0) is 29.5 Å². The number of benzene rings is 1. The molecule has 0 atom stereocenters. The Morgan fingerprint density at radius 3 is 2.30 bits per heavy atom. The van der Waals surface area contributed by atoms with Gasteiger partial charge in [0.25, 0.3) is 0 Å². The minimum absolute atomic E-state index is 0.0965. The molecule has 0 aliphatic carbocycles. The zero-order valence-electron chi connectivity index (χ0n) is 11.6. The highest BCUT2D eigenvalue weighted by Crippen LogP contribution is 2.18. The molecule has 0 aliphatic heterocycles. The van der Waals surface area contributed by atoms with Gasteiger partial charge in [-0.1, -0.05) is 13.8 Å². The van der Waals surface area contributed by atoms with Crippen LogP contribution in [0.15, 0.2) is 24.3 Å². The van der Waals surface area contributed by atoms with Crippen molar-refractivity contribution in [3.8, 4) is 0 Å².